The van der Waals surface area contributed by atoms with E-state index in [0.717, 1.165) is 0 Å². The van der Waals surface area contributed by atoms with Crippen molar-refractivity contribution in [2.24, 2.45) is 0 Å². The molecule has 0 spiro atoms. The summed E-state index contributed by atoms with van der Waals surface area (Å²) in [4.78, 5) is 17.2. The topological polar surface area (TPSA) is 26.8 Å². The summed E-state index contributed by atoms with van der Waals surface area (Å²) >= 11 is 0. The number of piperazine rings is 1. The molecule has 1 atom stereocenters. The molecule has 1 saturated heterocycles. The first-order valence-corrected chi connectivity index (χ1v) is 7.68. The minimum Gasteiger partial charge on any atom is -0.338 e. The molecule has 0 bridgehead atoms. The molecular formula is C16H21F4N3O. The van der Waals surface area contributed by atoms with Crippen LogP contribution in [0.15, 0.2) is 24.3 Å². The van der Waals surface area contributed by atoms with Crippen LogP contribution in [0.4, 0.5) is 17.6 Å². The van der Waals surface area contributed by atoms with Crippen LogP contribution in [0.25, 0.3) is 0 Å². The van der Waals surface area contributed by atoms with E-state index >= 15 is 0 Å². The molecule has 134 valence electrons. The van der Waals surface area contributed by atoms with Crippen LogP contribution in [-0.2, 0) is 4.79 Å². The summed E-state index contributed by atoms with van der Waals surface area (Å²) in [5.41, 5.74) is 0.269. The zero-order valence-corrected chi connectivity index (χ0v) is 13.7. The van der Waals surface area contributed by atoms with Crippen molar-refractivity contribution in [2.45, 2.75) is 12.2 Å². The second-order valence-electron chi connectivity index (χ2n) is 6.10. The van der Waals surface area contributed by atoms with Gasteiger partial charge in [-0.3, -0.25) is 14.6 Å². The van der Waals surface area contributed by atoms with Crippen molar-refractivity contribution in [1.82, 2.24) is 14.7 Å². The third kappa shape index (κ3) is 4.67. The van der Waals surface area contributed by atoms with E-state index in [9.17, 15) is 22.4 Å². The number of amides is 1. The molecular weight excluding hydrogens is 326 g/mol. The van der Waals surface area contributed by atoms with Gasteiger partial charge < -0.3 is 4.90 Å². The molecule has 0 saturated carbocycles. The number of hydrogen-bond donors (Lipinski definition) is 0. The van der Waals surface area contributed by atoms with E-state index in [4.69, 9.17) is 0 Å². The third-order valence-electron chi connectivity index (χ3n) is 4.04. The van der Waals surface area contributed by atoms with Gasteiger partial charge in [0.1, 0.15) is 11.9 Å². The van der Waals surface area contributed by atoms with Crippen molar-refractivity contribution in [3.63, 3.8) is 0 Å². The first-order valence-electron chi connectivity index (χ1n) is 7.68. The van der Waals surface area contributed by atoms with Crippen LogP contribution in [-0.4, -0.2) is 73.6 Å². The number of carbonyl (C=O) groups is 1. The maximum atomic E-state index is 14.0. The fraction of sp³-hybridized carbons (Fsp3) is 0.562. The monoisotopic (exact) mass is 347 g/mol. The predicted octanol–water partition coefficient (Wildman–Crippen LogP) is 2.13. The van der Waals surface area contributed by atoms with E-state index in [1.165, 1.54) is 15.9 Å². The Bertz CT molecular complexity index is 569. The molecule has 0 radical (unpaired) electrons. The number of likely N-dealkylation sites (N-methyl/N-ethyl adjacent to an activating group) is 1. The quantitative estimate of drug-likeness (QED) is 0.781. The number of halogens is 4. The van der Waals surface area contributed by atoms with E-state index in [2.05, 4.69) is 0 Å². The van der Waals surface area contributed by atoms with Gasteiger partial charge in [-0.25, -0.2) is 4.39 Å². The van der Waals surface area contributed by atoms with Gasteiger partial charge in [0, 0.05) is 31.7 Å². The van der Waals surface area contributed by atoms with Crippen LogP contribution < -0.4 is 0 Å². The summed E-state index contributed by atoms with van der Waals surface area (Å²) in [5, 5.41) is 0. The highest BCUT2D eigenvalue weighted by Gasteiger charge is 2.35. The summed E-state index contributed by atoms with van der Waals surface area (Å²) < 4.78 is 51.3. The first kappa shape index (κ1) is 18.7. The van der Waals surface area contributed by atoms with E-state index in [-0.39, 0.29) is 37.6 Å². The lowest BCUT2D eigenvalue weighted by molar-refractivity contribution is -0.153. The molecule has 0 N–H and O–H groups in total. The van der Waals surface area contributed by atoms with Crippen molar-refractivity contribution in [2.75, 3.05) is 46.8 Å². The van der Waals surface area contributed by atoms with Gasteiger partial charge in [-0.1, -0.05) is 18.2 Å². The summed E-state index contributed by atoms with van der Waals surface area (Å²) in [5.74, 6) is -0.767. The lowest BCUT2D eigenvalue weighted by Crippen LogP contribution is -2.53. The molecule has 8 heteroatoms. The van der Waals surface area contributed by atoms with Gasteiger partial charge in [-0.2, -0.15) is 13.2 Å². The maximum absolute atomic E-state index is 14.0. The van der Waals surface area contributed by atoms with Gasteiger partial charge in [-0.05, 0) is 20.2 Å². The van der Waals surface area contributed by atoms with E-state index in [1.807, 2.05) is 0 Å². The van der Waals surface area contributed by atoms with Crippen LogP contribution in [0.3, 0.4) is 0 Å². The second-order valence-corrected chi connectivity index (χ2v) is 6.10. The minimum absolute atomic E-state index is 0.155. The van der Waals surface area contributed by atoms with Crippen LogP contribution in [0.1, 0.15) is 11.6 Å². The third-order valence-corrected chi connectivity index (χ3v) is 4.04. The number of nitrogens with zero attached hydrogens (tertiary/aromatic N) is 3. The molecule has 2 rings (SSSR count). The van der Waals surface area contributed by atoms with Crippen LogP contribution in [0, 0.1) is 5.82 Å². The second kappa shape index (κ2) is 7.48. The Morgan fingerprint density at radius 2 is 1.75 bits per heavy atom. The van der Waals surface area contributed by atoms with Crippen LogP contribution in [0.2, 0.25) is 0 Å². The lowest BCUT2D eigenvalue weighted by Gasteiger charge is -2.38. The zero-order chi connectivity index (χ0) is 17.9. The lowest BCUT2D eigenvalue weighted by atomic mass is 10.0. The van der Waals surface area contributed by atoms with Crippen molar-refractivity contribution in [3.8, 4) is 0 Å². The van der Waals surface area contributed by atoms with Gasteiger partial charge in [0.25, 0.3) is 0 Å². The van der Waals surface area contributed by atoms with Crippen molar-refractivity contribution < 1.29 is 22.4 Å². The normalized spacial score (nSPS) is 18.0. The van der Waals surface area contributed by atoms with Gasteiger partial charge in [0.2, 0.25) is 5.91 Å². The average molecular weight is 347 g/mol. The number of alkyl halides is 3. The minimum atomic E-state index is -4.24. The number of rotatable bonds is 4. The highest BCUT2D eigenvalue weighted by Crippen LogP contribution is 2.25. The molecule has 1 aliphatic rings. The average Bonchev–Trinajstić information content (AvgIpc) is 2.48. The Balaban J connectivity index is 2.06. The van der Waals surface area contributed by atoms with Gasteiger partial charge in [0.05, 0.1) is 6.54 Å². The Morgan fingerprint density at radius 1 is 1.17 bits per heavy atom. The Labute approximate surface area is 138 Å². The summed E-state index contributed by atoms with van der Waals surface area (Å²) in [7, 11) is 3.35. The van der Waals surface area contributed by atoms with Crippen molar-refractivity contribution in [3.05, 3.63) is 35.6 Å². The molecule has 1 fully saturated rings. The molecule has 1 heterocycles. The molecule has 0 aliphatic carbocycles. The zero-order valence-electron chi connectivity index (χ0n) is 13.7. The molecule has 1 amide bonds. The van der Waals surface area contributed by atoms with E-state index < -0.39 is 24.6 Å². The van der Waals surface area contributed by atoms with Gasteiger partial charge >= 0.3 is 6.18 Å². The number of hydrogen-bond acceptors (Lipinski definition) is 3. The molecule has 24 heavy (non-hydrogen) atoms. The van der Waals surface area contributed by atoms with Crippen molar-refractivity contribution >= 4 is 5.91 Å². The Kier molecular flexibility index (Phi) is 5.82. The SMILES string of the molecule is CN(C)C(C(=O)N1CCN(CC(F)(F)F)CC1)c1ccccc1F. The molecule has 1 unspecified atom stereocenters. The largest absolute Gasteiger partial charge is 0.401 e. The first-order chi connectivity index (χ1) is 11.2. The Hall–Kier alpha value is -1.67. The fourth-order valence-corrected chi connectivity index (χ4v) is 2.88. The summed E-state index contributed by atoms with van der Waals surface area (Å²) in [6.45, 7) is -0.258. The maximum Gasteiger partial charge on any atom is 0.401 e. The Morgan fingerprint density at radius 3 is 2.25 bits per heavy atom. The van der Waals surface area contributed by atoms with Gasteiger partial charge in [-0.15, -0.1) is 0 Å². The van der Waals surface area contributed by atoms with Gasteiger partial charge in [0.15, 0.2) is 0 Å². The fourth-order valence-electron chi connectivity index (χ4n) is 2.88. The molecule has 4 nitrogen and oxygen atoms in total. The van der Waals surface area contributed by atoms with E-state index in [0.29, 0.717) is 0 Å². The highest BCUT2D eigenvalue weighted by molar-refractivity contribution is 5.83. The standard InChI is InChI=1S/C16H21F4N3O/c1-21(2)14(12-5-3-4-6-13(12)17)15(24)23-9-7-22(8-10-23)11-16(18,19)20/h3-6,14H,7-11H2,1-2H3. The number of carbonyl (C=O) groups excluding carboxylic acids is 1. The van der Waals surface area contributed by atoms with Crippen LogP contribution in [0.5, 0.6) is 0 Å². The molecule has 0 aromatic heterocycles. The molecule has 1 aliphatic heterocycles. The van der Waals surface area contributed by atoms with Crippen molar-refractivity contribution in [1.29, 1.82) is 0 Å². The summed E-state index contributed by atoms with van der Waals surface area (Å²) in [6, 6.07) is 5.26. The van der Waals surface area contributed by atoms with Crippen LogP contribution >= 0.6 is 0 Å². The number of benzene rings is 1. The summed E-state index contributed by atoms with van der Waals surface area (Å²) in [6.07, 6.45) is -4.24. The highest BCUT2D eigenvalue weighted by atomic mass is 19.4. The predicted molar refractivity (Wildman–Crippen MR) is 81.9 cm³/mol. The smallest absolute Gasteiger partial charge is 0.338 e. The molecule has 1 aromatic rings. The van der Waals surface area contributed by atoms with E-state index in [1.54, 1.807) is 37.2 Å². The molecule has 1 aromatic carbocycles.